The molecule has 1 saturated heterocycles. The third-order valence-corrected chi connectivity index (χ3v) is 6.61. The zero-order chi connectivity index (χ0) is 25.5. The van der Waals surface area contributed by atoms with Gasteiger partial charge in [0.2, 0.25) is 11.8 Å². The molecule has 0 spiro atoms. The number of amidine groups is 1. The van der Waals surface area contributed by atoms with Crippen molar-refractivity contribution in [1.29, 1.82) is 0 Å². The minimum atomic E-state index is -0.691. The molecule has 3 rings (SSSR count). The number of aliphatic imine (C=N–C) groups is 1. The highest BCUT2D eigenvalue weighted by Gasteiger charge is 2.41. The quantitative estimate of drug-likeness (QED) is 0.368. The third kappa shape index (κ3) is 6.30. The number of methoxy groups -OCH3 is 2. The number of nitro benzene ring substituents is 1. The molecule has 35 heavy (non-hydrogen) atoms. The molecule has 0 bridgehead atoms. The Bertz CT molecular complexity index is 1120. The van der Waals surface area contributed by atoms with Gasteiger partial charge in [0.1, 0.15) is 22.4 Å². The van der Waals surface area contributed by atoms with Gasteiger partial charge < -0.3 is 14.8 Å². The Kier molecular flexibility index (Phi) is 8.69. The molecular weight excluding hydrogens is 472 g/mol. The van der Waals surface area contributed by atoms with Crippen LogP contribution in [0, 0.1) is 10.1 Å². The predicted molar refractivity (Wildman–Crippen MR) is 136 cm³/mol. The molecule has 10 nitrogen and oxygen atoms in total. The average molecular weight is 501 g/mol. The topological polar surface area (TPSA) is 123 Å². The van der Waals surface area contributed by atoms with E-state index < -0.39 is 16.1 Å². The second-order valence-corrected chi connectivity index (χ2v) is 9.11. The summed E-state index contributed by atoms with van der Waals surface area (Å²) in [6, 6.07) is 11.2. The van der Waals surface area contributed by atoms with Gasteiger partial charge in [0.15, 0.2) is 5.17 Å². The average Bonchev–Trinajstić information content (AvgIpc) is 3.13. The van der Waals surface area contributed by atoms with Crippen LogP contribution in [0.15, 0.2) is 47.5 Å². The highest BCUT2D eigenvalue weighted by Crippen LogP contribution is 2.35. The van der Waals surface area contributed by atoms with Crippen LogP contribution in [0.2, 0.25) is 0 Å². The molecule has 11 heteroatoms. The highest BCUT2D eigenvalue weighted by molar-refractivity contribution is 8.15. The van der Waals surface area contributed by atoms with E-state index in [9.17, 15) is 19.7 Å². The van der Waals surface area contributed by atoms with Crippen molar-refractivity contribution in [2.45, 2.75) is 44.4 Å². The second-order valence-electron chi connectivity index (χ2n) is 7.94. The molecule has 0 radical (unpaired) electrons. The molecule has 0 aliphatic carbocycles. The van der Waals surface area contributed by atoms with Crippen LogP contribution in [-0.4, -0.2) is 52.3 Å². The molecule has 0 unspecified atom stereocenters. The number of hydrogen-bond donors (Lipinski definition) is 1. The molecule has 0 aromatic heterocycles. The lowest BCUT2D eigenvalue weighted by molar-refractivity contribution is -0.384. The van der Waals surface area contributed by atoms with Gasteiger partial charge in [0.25, 0.3) is 5.69 Å². The van der Waals surface area contributed by atoms with E-state index in [1.54, 1.807) is 36.3 Å². The Morgan fingerprint density at radius 2 is 1.86 bits per heavy atom. The van der Waals surface area contributed by atoms with Crippen LogP contribution in [0.25, 0.3) is 0 Å². The van der Waals surface area contributed by atoms with Crippen LogP contribution >= 0.6 is 11.8 Å². The van der Waals surface area contributed by atoms with E-state index in [0.717, 1.165) is 12.8 Å². The van der Waals surface area contributed by atoms with Crippen molar-refractivity contribution in [3.63, 3.8) is 0 Å². The molecule has 1 aliphatic rings. The summed E-state index contributed by atoms with van der Waals surface area (Å²) >= 11 is 1.22. The first-order chi connectivity index (χ1) is 16.8. The fraction of sp³-hybridized carbons (Fsp3) is 0.375. The number of nitrogens with one attached hydrogen (secondary N) is 1. The Hall–Kier alpha value is -3.60. The SMILES string of the molecule is CCC[C@@H](C)N1C(=O)[C@H](CC(=O)Nc2ccc(OC)cc2[N+](=O)[O-])SC1=Nc1ccc(OC)cc1. The number of ether oxygens (including phenoxy) is 2. The number of hydrogen-bond acceptors (Lipinski definition) is 8. The lowest BCUT2D eigenvalue weighted by Crippen LogP contribution is -2.40. The molecule has 2 amide bonds. The number of benzene rings is 2. The van der Waals surface area contributed by atoms with Gasteiger partial charge in [-0.2, -0.15) is 0 Å². The molecule has 1 N–H and O–H groups in total. The summed E-state index contributed by atoms with van der Waals surface area (Å²) in [4.78, 5) is 43.2. The lowest BCUT2D eigenvalue weighted by Gasteiger charge is -2.24. The van der Waals surface area contributed by atoms with Crippen LogP contribution in [0.3, 0.4) is 0 Å². The van der Waals surface area contributed by atoms with Crippen LogP contribution in [0.4, 0.5) is 17.1 Å². The van der Waals surface area contributed by atoms with Gasteiger partial charge >= 0.3 is 0 Å². The monoisotopic (exact) mass is 500 g/mol. The number of anilines is 1. The third-order valence-electron chi connectivity index (χ3n) is 5.46. The molecule has 2 atom stereocenters. The van der Waals surface area contributed by atoms with Gasteiger partial charge in [-0.3, -0.25) is 24.6 Å². The van der Waals surface area contributed by atoms with Crippen molar-refractivity contribution < 1.29 is 24.0 Å². The first-order valence-electron chi connectivity index (χ1n) is 11.1. The Morgan fingerprint density at radius 1 is 1.20 bits per heavy atom. The summed E-state index contributed by atoms with van der Waals surface area (Å²) in [5.41, 5.74) is 0.413. The van der Waals surface area contributed by atoms with Gasteiger partial charge in [0, 0.05) is 12.5 Å². The standard InChI is InChI=1S/C24H28N4O6S/c1-5-6-15(2)27-23(30)21(35-24(27)25-16-7-9-17(33-3)10-8-16)14-22(29)26-19-12-11-18(34-4)13-20(19)28(31)32/h7-13,15,21H,5-6,14H2,1-4H3,(H,26,29)/t15-,21+/m1/s1. The number of nitrogens with zero attached hydrogens (tertiary/aromatic N) is 3. The fourth-order valence-corrected chi connectivity index (χ4v) is 4.92. The van der Waals surface area contributed by atoms with Crippen LogP contribution in [0.5, 0.6) is 11.5 Å². The van der Waals surface area contributed by atoms with Crippen molar-refractivity contribution in [2.75, 3.05) is 19.5 Å². The molecule has 2 aromatic carbocycles. The maximum absolute atomic E-state index is 13.3. The van der Waals surface area contributed by atoms with E-state index in [2.05, 4.69) is 10.3 Å². The van der Waals surface area contributed by atoms with E-state index in [4.69, 9.17) is 9.47 Å². The van der Waals surface area contributed by atoms with Gasteiger partial charge in [0.05, 0.1) is 30.9 Å². The normalized spacial score (nSPS) is 17.4. The number of amides is 2. The Morgan fingerprint density at radius 3 is 2.46 bits per heavy atom. The van der Waals surface area contributed by atoms with Crippen LogP contribution in [0.1, 0.15) is 33.1 Å². The first-order valence-corrected chi connectivity index (χ1v) is 12.0. The van der Waals surface area contributed by atoms with Crippen molar-refractivity contribution in [1.82, 2.24) is 4.90 Å². The van der Waals surface area contributed by atoms with E-state index in [0.29, 0.717) is 22.4 Å². The van der Waals surface area contributed by atoms with Crippen molar-refractivity contribution in [2.24, 2.45) is 4.99 Å². The van der Waals surface area contributed by atoms with Gasteiger partial charge in [-0.05, 0) is 49.7 Å². The van der Waals surface area contributed by atoms with E-state index in [1.807, 2.05) is 13.8 Å². The first kappa shape index (κ1) is 26.0. The summed E-state index contributed by atoms with van der Waals surface area (Å²) in [5.74, 6) is 0.291. The number of carbonyl (C=O) groups is 2. The zero-order valence-electron chi connectivity index (χ0n) is 20.0. The number of thioether (sulfide) groups is 1. The van der Waals surface area contributed by atoms with Crippen LogP contribution < -0.4 is 14.8 Å². The molecule has 0 saturated carbocycles. The number of carbonyl (C=O) groups excluding carboxylic acids is 2. The summed E-state index contributed by atoms with van der Waals surface area (Å²) in [7, 11) is 2.98. The largest absolute Gasteiger partial charge is 0.497 e. The van der Waals surface area contributed by atoms with Crippen molar-refractivity contribution >= 4 is 45.8 Å². The summed E-state index contributed by atoms with van der Waals surface area (Å²) < 4.78 is 10.2. The fourth-order valence-electron chi connectivity index (χ4n) is 3.68. The zero-order valence-corrected chi connectivity index (χ0v) is 20.8. The molecule has 2 aromatic rings. The molecular formula is C24H28N4O6S. The van der Waals surface area contributed by atoms with E-state index in [1.165, 1.54) is 37.1 Å². The Balaban J connectivity index is 1.80. The lowest BCUT2D eigenvalue weighted by atomic mass is 10.1. The molecule has 1 fully saturated rings. The maximum atomic E-state index is 13.3. The molecule has 1 aliphatic heterocycles. The number of nitro groups is 1. The summed E-state index contributed by atoms with van der Waals surface area (Å²) in [6.45, 7) is 3.99. The minimum absolute atomic E-state index is 0.0413. The number of rotatable bonds is 10. The van der Waals surface area contributed by atoms with Gasteiger partial charge in [-0.1, -0.05) is 25.1 Å². The van der Waals surface area contributed by atoms with Crippen LogP contribution in [-0.2, 0) is 9.59 Å². The van der Waals surface area contributed by atoms with Crippen molar-refractivity contribution in [3.8, 4) is 11.5 Å². The second kappa shape index (κ2) is 11.7. The maximum Gasteiger partial charge on any atom is 0.296 e. The smallest absolute Gasteiger partial charge is 0.296 e. The van der Waals surface area contributed by atoms with Gasteiger partial charge in [-0.15, -0.1) is 0 Å². The van der Waals surface area contributed by atoms with Gasteiger partial charge in [-0.25, -0.2) is 4.99 Å². The minimum Gasteiger partial charge on any atom is -0.497 e. The summed E-state index contributed by atoms with van der Waals surface area (Å²) in [6.07, 6.45) is 1.52. The van der Waals surface area contributed by atoms with E-state index >= 15 is 0 Å². The Labute approximate surface area is 207 Å². The summed E-state index contributed by atoms with van der Waals surface area (Å²) in [5, 5.41) is 13.8. The molecule has 186 valence electrons. The van der Waals surface area contributed by atoms with Crippen molar-refractivity contribution in [3.05, 3.63) is 52.6 Å². The van der Waals surface area contributed by atoms with E-state index in [-0.39, 0.29) is 29.7 Å². The molecule has 1 heterocycles. The predicted octanol–water partition coefficient (Wildman–Crippen LogP) is 4.76. The highest BCUT2D eigenvalue weighted by atomic mass is 32.2.